The smallest absolute Gasteiger partial charge is 0.244 e. The molecule has 0 aromatic rings. The molecule has 3 aliphatic heterocycles. The van der Waals surface area contributed by atoms with E-state index in [0.29, 0.717) is 19.5 Å². The Morgan fingerprint density at radius 2 is 2.00 bits per heavy atom. The summed E-state index contributed by atoms with van der Waals surface area (Å²) in [6.07, 6.45) is 5.07. The molecule has 3 aliphatic rings. The third-order valence-electron chi connectivity index (χ3n) is 6.69. The number of unbranched alkanes of at least 4 members (excludes halogenated alkanes) is 2. The Morgan fingerprint density at radius 3 is 2.64 bits per heavy atom. The van der Waals surface area contributed by atoms with Crippen molar-refractivity contribution < 1.29 is 19.5 Å². The van der Waals surface area contributed by atoms with Crippen molar-refractivity contribution in [3.63, 3.8) is 0 Å². The SMILES string of the molecule is CCCCCNC(=O)C1N(CCCO)C(=O)[C@@H]2[C@@H](C(=O)NC)[C@@]3(C)CCC12S3. The van der Waals surface area contributed by atoms with Crippen LogP contribution in [-0.2, 0) is 14.4 Å². The fourth-order valence-electron chi connectivity index (χ4n) is 5.45. The molecule has 0 aromatic heterocycles. The normalized spacial score (nSPS) is 35.9. The first-order valence-corrected chi connectivity index (χ1v) is 11.3. The minimum absolute atomic E-state index is 0.0317. The van der Waals surface area contributed by atoms with E-state index in [1.54, 1.807) is 23.7 Å². The second kappa shape index (κ2) is 8.22. The van der Waals surface area contributed by atoms with Gasteiger partial charge in [-0.25, -0.2) is 0 Å². The maximum absolute atomic E-state index is 13.4. The van der Waals surface area contributed by atoms with E-state index >= 15 is 0 Å². The number of likely N-dealkylation sites (tertiary alicyclic amines) is 1. The molecule has 0 aliphatic carbocycles. The number of aliphatic hydroxyl groups is 1. The van der Waals surface area contributed by atoms with E-state index in [-0.39, 0.29) is 29.1 Å². The van der Waals surface area contributed by atoms with E-state index in [1.807, 2.05) is 0 Å². The van der Waals surface area contributed by atoms with Crippen LogP contribution in [-0.4, -0.2) is 70.0 Å². The third-order valence-corrected chi connectivity index (χ3v) is 8.68. The number of rotatable bonds is 9. The van der Waals surface area contributed by atoms with Gasteiger partial charge in [0.15, 0.2) is 0 Å². The molecule has 158 valence electrons. The van der Waals surface area contributed by atoms with Gasteiger partial charge in [-0.3, -0.25) is 14.4 Å². The number of amides is 3. The number of thioether (sulfide) groups is 1. The highest BCUT2D eigenvalue weighted by molar-refractivity contribution is 8.02. The monoisotopic (exact) mass is 411 g/mol. The van der Waals surface area contributed by atoms with E-state index in [1.165, 1.54) is 0 Å². The summed E-state index contributed by atoms with van der Waals surface area (Å²) in [6, 6.07) is -0.570. The summed E-state index contributed by atoms with van der Waals surface area (Å²) in [5, 5.41) is 15.1. The van der Waals surface area contributed by atoms with E-state index in [2.05, 4.69) is 24.5 Å². The molecule has 2 bridgehead atoms. The van der Waals surface area contributed by atoms with Gasteiger partial charge in [-0.15, -0.1) is 11.8 Å². The van der Waals surface area contributed by atoms with E-state index in [0.717, 1.165) is 32.1 Å². The lowest BCUT2D eigenvalue weighted by atomic mass is 9.66. The van der Waals surface area contributed by atoms with Crippen molar-refractivity contribution in [1.29, 1.82) is 0 Å². The summed E-state index contributed by atoms with van der Waals surface area (Å²) in [5.74, 6) is -1.22. The van der Waals surface area contributed by atoms with Gasteiger partial charge in [-0.1, -0.05) is 19.8 Å². The van der Waals surface area contributed by atoms with Gasteiger partial charge < -0.3 is 20.6 Å². The summed E-state index contributed by atoms with van der Waals surface area (Å²) in [6.45, 7) is 5.10. The van der Waals surface area contributed by atoms with E-state index < -0.39 is 22.6 Å². The van der Waals surface area contributed by atoms with Crippen LogP contribution in [0, 0.1) is 11.8 Å². The Morgan fingerprint density at radius 1 is 1.25 bits per heavy atom. The van der Waals surface area contributed by atoms with Crippen LogP contribution < -0.4 is 10.6 Å². The van der Waals surface area contributed by atoms with Gasteiger partial charge in [0.1, 0.15) is 6.04 Å². The Bertz CT molecular complexity index is 645. The Kier molecular flexibility index (Phi) is 6.29. The summed E-state index contributed by atoms with van der Waals surface area (Å²) in [4.78, 5) is 41.0. The number of fused-ring (bicyclic) bond motifs is 1. The number of carbonyl (C=O) groups is 3. The molecule has 28 heavy (non-hydrogen) atoms. The number of hydrogen-bond donors (Lipinski definition) is 3. The Hall–Kier alpha value is -1.28. The lowest BCUT2D eigenvalue weighted by molar-refractivity contribution is -0.140. The highest BCUT2D eigenvalue weighted by Crippen LogP contribution is 2.71. The maximum Gasteiger partial charge on any atom is 0.244 e. The molecular weight excluding hydrogens is 378 g/mol. The Labute approximate surface area is 171 Å². The van der Waals surface area contributed by atoms with Crippen molar-refractivity contribution in [1.82, 2.24) is 15.5 Å². The highest BCUT2D eigenvalue weighted by Gasteiger charge is 2.76. The highest BCUT2D eigenvalue weighted by atomic mass is 32.2. The van der Waals surface area contributed by atoms with Crippen LogP contribution >= 0.6 is 11.8 Å². The number of carbonyl (C=O) groups excluding carboxylic acids is 3. The number of nitrogens with zero attached hydrogens (tertiary/aromatic N) is 1. The predicted octanol–water partition coefficient (Wildman–Crippen LogP) is 0.903. The van der Waals surface area contributed by atoms with Crippen LogP contribution in [0.2, 0.25) is 0 Å². The molecule has 2 unspecified atom stereocenters. The van der Waals surface area contributed by atoms with Crippen molar-refractivity contribution in [3.8, 4) is 0 Å². The van der Waals surface area contributed by atoms with Crippen molar-refractivity contribution in [2.75, 3.05) is 26.7 Å². The topological polar surface area (TPSA) is 98.7 Å². The number of nitrogens with one attached hydrogen (secondary N) is 2. The molecule has 0 aromatic carbocycles. The quantitative estimate of drug-likeness (QED) is 0.490. The van der Waals surface area contributed by atoms with Crippen molar-refractivity contribution in [2.24, 2.45) is 11.8 Å². The molecule has 7 nitrogen and oxygen atoms in total. The molecule has 3 amide bonds. The van der Waals surface area contributed by atoms with Gasteiger partial charge >= 0.3 is 0 Å². The van der Waals surface area contributed by atoms with Crippen molar-refractivity contribution >= 4 is 29.5 Å². The van der Waals surface area contributed by atoms with Crippen LogP contribution in [0.4, 0.5) is 0 Å². The molecule has 0 radical (unpaired) electrons. The van der Waals surface area contributed by atoms with Gasteiger partial charge in [0, 0.05) is 31.5 Å². The van der Waals surface area contributed by atoms with Crippen LogP contribution in [0.1, 0.15) is 52.4 Å². The van der Waals surface area contributed by atoms with Crippen molar-refractivity contribution in [3.05, 3.63) is 0 Å². The van der Waals surface area contributed by atoms with Crippen LogP contribution in [0.15, 0.2) is 0 Å². The molecule has 3 saturated heterocycles. The van der Waals surface area contributed by atoms with Gasteiger partial charge in [0.2, 0.25) is 17.7 Å². The first-order chi connectivity index (χ1) is 13.4. The molecule has 8 heteroatoms. The van der Waals surface area contributed by atoms with Gasteiger partial charge in [-0.2, -0.15) is 0 Å². The fourth-order valence-corrected chi connectivity index (χ4v) is 7.80. The summed E-state index contributed by atoms with van der Waals surface area (Å²) < 4.78 is -0.864. The minimum atomic E-state index is -0.570. The molecule has 3 rings (SSSR count). The minimum Gasteiger partial charge on any atom is -0.396 e. The molecule has 1 spiro atoms. The predicted molar refractivity (Wildman–Crippen MR) is 109 cm³/mol. The average molecular weight is 412 g/mol. The summed E-state index contributed by atoms with van der Waals surface area (Å²) >= 11 is 1.68. The zero-order valence-electron chi connectivity index (χ0n) is 17.1. The first-order valence-electron chi connectivity index (χ1n) is 10.5. The second-order valence-corrected chi connectivity index (χ2v) is 10.3. The molecule has 3 fully saturated rings. The lowest BCUT2D eigenvalue weighted by Gasteiger charge is -2.34. The largest absolute Gasteiger partial charge is 0.396 e. The van der Waals surface area contributed by atoms with Crippen LogP contribution in [0.5, 0.6) is 0 Å². The zero-order valence-corrected chi connectivity index (χ0v) is 17.9. The molecule has 5 atom stereocenters. The summed E-state index contributed by atoms with van der Waals surface area (Å²) in [5.41, 5.74) is 0. The molecule has 3 heterocycles. The lowest BCUT2D eigenvalue weighted by Crippen LogP contribution is -2.54. The van der Waals surface area contributed by atoms with Gasteiger partial charge in [0.05, 0.1) is 16.6 Å². The van der Waals surface area contributed by atoms with E-state index in [9.17, 15) is 19.5 Å². The van der Waals surface area contributed by atoms with E-state index in [4.69, 9.17) is 0 Å². The molecular formula is C20H33N3O4S. The Balaban J connectivity index is 1.91. The van der Waals surface area contributed by atoms with Gasteiger partial charge in [-0.05, 0) is 32.6 Å². The second-order valence-electron chi connectivity index (χ2n) is 8.45. The first kappa shape index (κ1) is 21.4. The third kappa shape index (κ3) is 3.22. The standard InChI is InChI=1S/C20H33N3O4S/c1-4-5-6-10-22-17(26)15-20-9-8-19(2,28-20)13(16(25)21-3)14(20)18(27)23(15)11-7-12-24/h13-15,24H,4-12H2,1-3H3,(H,21,25)(H,22,26)/t13-,14-,15?,19+,20?/m0/s1. The molecule has 3 N–H and O–H groups in total. The zero-order chi connectivity index (χ0) is 20.5. The maximum atomic E-state index is 13.4. The molecule has 0 saturated carbocycles. The van der Waals surface area contributed by atoms with Crippen LogP contribution in [0.25, 0.3) is 0 Å². The summed E-state index contributed by atoms with van der Waals surface area (Å²) in [7, 11) is 1.61. The van der Waals surface area contributed by atoms with Crippen molar-refractivity contribution in [2.45, 2.75) is 67.9 Å². The number of hydrogen-bond acceptors (Lipinski definition) is 5. The average Bonchev–Trinajstić information content (AvgIpc) is 3.24. The fraction of sp³-hybridized carbons (Fsp3) is 0.850. The van der Waals surface area contributed by atoms with Gasteiger partial charge in [0.25, 0.3) is 0 Å². The number of aliphatic hydroxyl groups excluding tert-OH is 1. The van der Waals surface area contributed by atoms with Crippen LogP contribution in [0.3, 0.4) is 0 Å².